The van der Waals surface area contributed by atoms with Gasteiger partial charge in [0.25, 0.3) is 0 Å². The second-order valence-corrected chi connectivity index (χ2v) is 14.5. The van der Waals surface area contributed by atoms with Gasteiger partial charge >= 0.3 is 0 Å². The molecule has 0 aliphatic carbocycles. The van der Waals surface area contributed by atoms with Gasteiger partial charge in [0.15, 0.2) is 0 Å². The largest absolute Gasteiger partial charge is 0.508 e. The summed E-state index contributed by atoms with van der Waals surface area (Å²) in [6, 6.07) is 30.2. The van der Waals surface area contributed by atoms with Crippen molar-refractivity contribution < 1.29 is 24.2 Å². The number of hydrogen-bond donors (Lipinski definition) is 2. The third kappa shape index (κ3) is 10.0. The van der Waals surface area contributed by atoms with Crippen LogP contribution in [0, 0.1) is 11.8 Å². The van der Waals surface area contributed by atoms with Crippen LogP contribution < -0.4 is 15.0 Å². The zero-order valence-corrected chi connectivity index (χ0v) is 32.0. The first-order valence-electron chi connectivity index (χ1n) is 19.4. The van der Waals surface area contributed by atoms with E-state index in [2.05, 4.69) is 75.5 Å². The zero-order valence-electron chi connectivity index (χ0n) is 32.0. The predicted octanol–water partition coefficient (Wildman–Crippen LogP) is 6.38. The van der Waals surface area contributed by atoms with Gasteiger partial charge in [-0.2, -0.15) is 0 Å². The SMILES string of the molecule is CNC(=O)C(CCC=O)N(C)Cc1cc(C#CCCCCN2CCN(c3ccc([C@@H]4c5ccc(O)cc5OC[C@@H]4c4ccccc4)cc3)CC2)ccc1C=O. The molecule has 1 saturated heterocycles. The second-order valence-electron chi connectivity index (χ2n) is 14.5. The molecule has 2 aliphatic rings. The molecule has 3 atom stereocenters. The summed E-state index contributed by atoms with van der Waals surface area (Å²) in [5, 5.41) is 12.8. The lowest BCUT2D eigenvalue weighted by atomic mass is 9.76. The molecule has 0 saturated carbocycles. The molecule has 1 unspecified atom stereocenters. The summed E-state index contributed by atoms with van der Waals surface area (Å²) in [4.78, 5) is 42.0. The van der Waals surface area contributed by atoms with Gasteiger partial charge in [0.1, 0.15) is 24.1 Å². The van der Waals surface area contributed by atoms with Gasteiger partial charge in [0, 0.05) is 92.9 Å². The van der Waals surface area contributed by atoms with Gasteiger partial charge in [-0.05, 0) is 79.9 Å². The molecular formula is C46H52N4O5. The maximum Gasteiger partial charge on any atom is 0.237 e. The normalized spacial score (nSPS) is 17.3. The van der Waals surface area contributed by atoms with E-state index in [9.17, 15) is 19.5 Å². The van der Waals surface area contributed by atoms with Crippen molar-refractivity contribution in [2.24, 2.45) is 0 Å². The highest BCUT2D eigenvalue weighted by Crippen LogP contribution is 2.47. The van der Waals surface area contributed by atoms with Crippen LogP contribution in [0.2, 0.25) is 0 Å². The number of hydrogen-bond acceptors (Lipinski definition) is 8. The number of anilines is 1. The number of nitrogens with one attached hydrogen (secondary N) is 1. The lowest BCUT2D eigenvalue weighted by molar-refractivity contribution is -0.126. The van der Waals surface area contributed by atoms with Crippen molar-refractivity contribution in [2.45, 2.75) is 56.5 Å². The van der Waals surface area contributed by atoms with Crippen molar-refractivity contribution in [2.75, 3.05) is 58.3 Å². The number of aromatic hydroxyl groups is 1. The van der Waals surface area contributed by atoms with Crippen molar-refractivity contribution >= 4 is 24.2 Å². The number of piperazine rings is 1. The number of benzene rings is 4. The lowest BCUT2D eigenvalue weighted by Crippen LogP contribution is -2.46. The first kappa shape index (κ1) is 39.3. The smallest absolute Gasteiger partial charge is 0.237 e. The molecule has 0 radical (unpaired) electrons. The minimum atomic E-state index is -0.465. The number of phenols is 1. The van der Waals surface area contributed by atoms with Crippen molar-refractivity contribution in [3.05, 3.63) is 124 Å². The predicted molar refractivity (Wildman–Crippen MR) is 217 cm³/mol. The zero-order chi connectivity index (χ0) is 38.6. The number of fused-ring (bicyclic) bond motifs is 1. The van der Waals surface area contributed by atoms with Crippen LogP contribution in [0.3, 0.4) is 0 Å². The van der Waals surface area contributed by atoms with Crippen molar-refractivity contribution in [1.82, 2.24) is 15.1 Å². The fourth-order valence-electron chi connectivity index (χ4n) is 7.89. The molecule has 0 bridgehead atoms. The van der Waals surface area contributed by atoms with Gasteiger partial charge in [0.05, 0.1) is 12.6 Å². The van der Waals surface area contributed by atoms with Crippen LogP contribution in [0.5, 0.6) is 11.5 Å². The molecule has 2 heterocycles. The molecule has 286 valence electrons. The molecule has 4 aromatic carbocycles. The highest BCUT2D eigenvalue weighted by Gasteiger charge is 2.34. The third-order valence-electron chi connectivity index (χ3n) is 11.0. The molecule has 9 nitrogen and oxygen atoms in total. The van der Waals surface area contributed by atoms with E-state index >= 15 is 0 Å². The van der Waals surface area contributed by atoms with Crippen LogP contribution in [0.25, 0.3) is 0 Å². The Morgan fingerprint density at radius 2 is 1.75 bits per heavy atom. The minimum Gasteiger partial charge on any atom is -0.508 e. The highest BCUT2D eigenvalue weighted by molar-refractivity contribution is 5.82. The van der Waals surface area contributed by atoms with E-state index in [4.69, 9.17) is 4.74 Å². The number of carbonyl (C=O) groups excluding carboxylic acids is 3. The summed E-state index contributed by atoms with van der Waals surface area (Å²) in [6.45, 7) is 6.03. The first-order chi connectivity index (χ1) is 26.9. The highest BCUT2D eigenvalue weighted by atomic mass is 16.5. The second kappa shape index (κ2) is 19.2. The Labute approximate surface area is 325 Å². The number of nitrogens with zero attached hydrogens (tertiary/aromatic N) is 3. The van der Waals surface area contributed by atoms with Crippen molar-refractivity contribution in [3.8, 4) is 23.3 Å². The Kier molecular flexibility index (Phi) is 13.7. The van der Waals surface area contributed by atoms with E-state index in [1.165, 1.54) is 16.8 Å². The number of unbranched alkanes of at least 4 members (excludes halogenated alkanes) is 2. The average Bonchev–Trinajstić information content (AvgIpc) is 3.22. The van der Waals surface area contributed by atoms with Gasteiger partial charge in [-0.15, -0.1) is 0 Å². The van der Waals surface area contributed by atoms with E-state index in [1.54, 1.807) is 25.2 Å². The summed E-state index contributed by atoms with van der Waals surface area (Å²) in [6.07, 6.45) is 5.25. The van der Waals surface area contributed by atoms with Gasteiger partial charge in [-0.1, -0.05) is 66.4 Å². The Hall–Kier alpha value is -5.43. The van der Waals surface area contributed by atoms with Crippen LogP contribution in [-0.2, 0) is 16.1 Å². The summed E-state index contributed by atoms with van der Waals surface area (Å²) in [7, 11) is 3.42. The Bertz CT molecular complexity index is 1960. The van der Waals surface area contributed by atoms with Gasteiger partial charge in [-0.3, -0.25) is 19.4 Å². The molecule has 1 fully saturated rings. The number of aldehydes is 2. The van der Waals surface area contributed by atoms with Crippen molar-refractivity contribution in [3.63, 3.8) is 0 Å². The van der Waals surface area contributed by atoms with E-state index in [0.29, 0.717) is 25.1 Å². The molecule has 0 spiro atoms. The van der Waals surface area contributed by atoms with Crippen LogP contribution >= 0.6 is 0 Å². The Morgan fingerprint density at radius 3 is 2.47 bits per heavy atom. The van der Waals surface area contributed by atoms with Gasteiger partial charge in [0.2, 0.25) is 5.91 Å². The van der Waals surface area contributed by atoms with Crippen molar-refractivity contribution in [1.29, 1.82) is 0 Å². The third-order valence-corrected chi connectivity index (χ3v) is 11.0. The molecule has 6 rings (SSSR count). The topological polar surface area (TPSA) is 102 Å². The number of ether oxygens (including phenoxy) is 1. The fourth-order valence-corrected chi connectivity index (χ4v) is 7.89. The van der Waals surface area contributed by atoms with E-state index in [-0.39, 0.29) is 29.9 Å². The Morgan fingerprint density at radius 1 is 0.964 bits per heavy atom. The summed E-state index contributed by atoms with van der Waals surface area (Å²) >= 11 is 0. The monoisotopic (exact) mass is 740 g/mol. The number of carbonyl (C=O) groups is 3. The molecule has 4 aromatic rings. The molecule has 1 amide bonds. The number of likely N-dealkylation sites (N-methyl/N-ethyl adjacent to an activating group) is 2. The molecule has 9 heteroatoms. The maximum atomic E-state index is 12.4. The average molecular weight is 741 g/mol. The standard InChI is InChI=1S/C46H52N4O5/c1-47-46(54)43(14-10-28-51)48(2)31-38-29-34(15-16-37(38)32-52)11-6-3-4-9-23-49-24-26-50(27-25-49)39-19-17-36(18-20-39)45-41-22-21-40(53)30-44(41)55-33-42(45)35-12-7-5-8-13-35/h5,7-8,12-13,15-22,28-30,32,42-43,45,53H,3-4,9-10,14,23-27,31,33H2,1-2H3,(H,47,54)/t42-,43?,45-/m1/s1. The summed E-state index contributed by atoms with van der Waals surface area (Å²) < 4.78 is 6.15. The quantitative estimate of drug-likeness (QED) is 0.0823. The molecule has 0 aromatic heterocycles. The first-order valence-corrected chi connectivity index (χ1v) is 19.4. The van der Waals surface area contributed by atoms with Crippen LogP contribution in [-0.4, -0.2) is 92.9 Å². The summed E-state index contributed by atoms with van der Waals surface area (Å²) in [5.74, 6) is 7.71. The van der Waals surface area contributed by atoms with E-state index in [0.717, 1.165) is 87.0 Å². The van der Waals surface area contributed by atoms with E-state index in [1.807, 2.05) is 36.2 Å². The minimum absolute atomic E-state index is 0.129. The van der Waals surface area contributed by atoms with Gasteiger partial charge in [-0.25, -0.2) is 0 Å². The van der Waals surface area contributed by atoms with E-state index < -0.39 is 6.04 Å². The van der Waals surface area contributed by atoms with Gasteiger partial charge < -0.3 is 24.9 Å². The number of amides is 1. The lowest BCUT2D eigenvalue weighted by Gasteiger charge is -2.37. The fraction of sp³-hybridized carbons (Fsp3) is 0.370. The maximum absolute atomic E-state index is 12.4. The number of phenolic OH excluding ortho intramolecular Hbond substituents is 1. The summed E-state index contributed by atoms with van der Waals surface area (Å²) in [5.41, 5.74) is 7.07. The molecule has 2 aliphatic heterocycles. The van der Waals surface area contributed by atoms with Crippen LogP contribution in [0.1, 0.15) is 82.1 Å². The molecular weight excluding hydrogens is 689 g/mol. The molecule has 55 heavy (non-hydrogen) atoms. The number of rotatable bonds is 15. The van der Waals surface area contributed by atoms with Crippen LogP contribution in [0.15, 0.2) is 91.0 Å². The molecule has 2 N–H and O–H groups in total. The Balaban J connectivity index is 0.977. The van der Waals surface area contributed by atoms with Crippen LogP contribution in [0.4, 0.5) is 5.69 Å².